The molecular weight excluding hydrogens is 855 g/mol. The highest BCUT2D eigenvalue weighted by Crippen LogP contribution is 2.41. The van der Waals surface area contributed by atoms with Crippen molar-refractivity contribution in [3.05, 3.63) is 270 Å². The third kappa shape index (κ3) is 7.73. The number of rotatable bonds is 13. The second kappa shape index (κ2) is 18.2. The summed E-state index contributed by atoms with van der Waals surface area (Å²) in [6, 6.07) is 85.8. The van der Waals surface area contributed by atoms with Gasteiger partial charge in [-0.3, -0.25) is 9.59 Å². The molecule has 0 aliphatic rings. The van der Waals surface area contributed by atoms with Gasteiger partial charge in [0.05, 0.1) is 22.1 Å². The predicted molar refractivity (Wildman–Crippen MR) is 289 cm³/mol. The van der Waals surface area contributed by atoms with Gasteiger partial charge in [0.1, 0.15) is 12.6 Å². The molecule has 1 unspecified atom stereocenters. The van der Waals surface area contributed by atoms with Gasteiger partial charge in [0.15, 0.2) is 0 Å². The number of aromatic nitrogens is 2. The predicted octanol–water partition coefficient (Wildman–Crippen LogP) is 16.4. The van der Waals surface area contributed by atoms with Crippen LogP contribution >= 0.6 is 0 Å². The molecule has 12 rings (SSSR count). The zero-order chi connectivity index (χ0) is 47.0. The van der Waals surface area contributed by atoms with E-state index in [-0.39, 0.29) is 5.92 Å². The van der Waals surface area contributed by atoms with E-state index in [1.165, 1.54) is 38.4 Å². The monoisotopic (exact) mass is 901 g/mol. The third-order valence-electron chi connectivity index (χ3n) is 13.9. The first kappa shape index (κ1) is 42.3. The normalized spacial score (nSPS) is 11.9. The average molecular weight is 902 g/mol. The van der Waals surface area contributed by atoms with Crippen molar-refractivity contribution < 1.29 is 9.59 Å². The van der Waals surface area contributed by atoms with E-state index < -0.39 is 0 Å². The van der Waals surface area contributed by atoms with Gasteiger partial charge >= 0.3 is 0 Å². The summed E-state index contributed by atoms with van der Waals surface area (Å²) in [5, 5.41) is 4.76. The van der Waals surface area contributed by atoms with Crippen molar-refractivity contribution in [3.63, 3.8) is 0 Å². The number of anilines is 3. The number of nitrogens with zero attached hydrogens (tertiary/aromatic N) is 3. The highest BCUT2D eigenvalue weighted by Gasteiger charge is 2.20. The molecule has 10 aromatic carbocycles. The van der Waals surface area contributed by atoms with E-state index >= 15 is 0 Å². The van der Waals surface area contributed by atoms with Crippen LogP contribution in [0.2, 0.25) is 0 Å². The molecular formula is C65H47N3O2. The van der Waals surface area contributed by atoms with Gasteiger partial charge in [-0.2, -0.15) is 0 Å². The van der Waals surface area contributed by atoms with Gasteiger partial charge in [0.25, 0.3) is 0 Å². The van der Waals surface area contributed by atoms with E-state index in [0.29, 0.717) is 11.1 Å². The van der Waals surface area contributed by atoms with Crippen molar-refractivity contribution in [2.75, 3.05) is 4.90 Å². The molecule has 2 heterocycles. The van der Waals surface area contributed by atoms with E-state index in [2.05, 4.69) is 208 Å². The number of aldehydes is 2. The first-order valence-corrected chi connectivity index (χ1v) is 23.9. The van der Waals surface area contributed by atoms with Crippen LogP contribution in [-0.4, -0.2) is 21.7 Å². The van der Waals surface area contributed by atoms with E-state index in [0.717, 1.165) is 86.9 Å². The van der Waals surface area contributed by atoms with Crippen molar-refractivity contribution in [2.45, 2.75) is 18.8 Å². The van der Waals surface area contributed by atoms with Gasteiger partial charge in [-0.1, -0.05) is 127 Å². The van der Waals surface area contributed by atoms with Crippen LogP contribution in [0, 0.1) is 0 Å². The Bertz CT molecular complexity index is 3840. The SMILES string of the molecule is O=Cc1ccc(-n2c3ccccc3c3cc(C(CCc4ccc(-c5ccc(N(c6ccccc6)c6ccc7c(c6)c6ccccc6n7-c6ccc(C=O)cc6)cc5)cc4)c4ccccc4)ccc32)cc1. The number of aryl methyl sites for hydroxylation is 1. The quantitative estimate of drug-likeness (QED) is 0.108. The molecule has 0 fully saturated rings. The lowest BCUT2D eigenvalue weighted by atomic mass is 9.85. The lowest BCUT2D eigenvalue weighted by Crippen LogP contribution is -2.09. The van der Waals surface area contributed by atoms with Gasteiger partial charge in [0, 0.05) is 67.0 Å². The van der Waals surface area contributed by atoms with E-state index in [1.54, 1.807) is 0 Å². The second-order valence-corrected chi connectivity index (χ2v) is 18.0. The Hall–Kier alpha value is -9.06. The first-order valence-electron chi connectivity index (χ1n) is 23.9. The molecule has 0 radical (unpaired) electrons. The maximum absolute atomic E-state index is 11.5. The molecule has 0 bridgehead atoms. The lowest BCUT2D eigenvalue weighted by molar-refractivity contribution is 0.111. The van der Waals surface area contributed by atoms with Gasteiger partial charge in [-0.25, -0.2) is 0 Å². The fourth-order valence-corrected chi connectivity index (χ4v) is 10.5. The molecule has 0 spiro atoms. The summed E-state index contributed by atoms with van der Waals surface area (Å²) in [6.07, 6.45) is 3.68. The van der Waals surface area contributed by atoms with Crippen LogP contribution < -0.4 is 4.90 Å². The molecule has 0 N–H and O–H groups in total. The van der Waals surface area contributed by atoms with Crippen molar-refractivity contribution >= 4 is 73.2 Å². The molecule has 5 nitrogen and oxygen atoms in total. The highest BCUT2D eigenvalue weighted by molar-refractivity contribution is 6.11. The average Bonchev–Trinajstić information content (AvgIpc) is 3.94. The Balaban J connectivity index is 0.822. The molecule has 0 saturated heterocycles. The Morgan fingerprint density at radius 1 is 0.371 bits per heavy atom. The summed E-state index contributed by atoms with van der Waals surface area (Å²) < 4.78 is 4.58. The summed E-state index contributed by atoms with van der Waals surface area (Å²) in [6.45, 7) is 0. The van der Waals surface area contributed by atoms with Crippen LogP contribution in [0.25, 0.3) is 66.1 Å². The van der Waals surface area contributed by atoms with Gasteiger partial charge in [-0.05, 0) is 156 Å². The van der Waals surface area contributed by atoms with Gasteiger partial charge in [0.2, 0.25) is 0 Å². The minimum Gasteiger partial charge on any atom is -0.310 e. The molecule has 334 valence electrons. The maximum atomic E-state index is 11.5. The molecule has 1 atom stereocenters. The van der Waals surface area contributed by atoms with Gasteiger partial charge < -0.3 is 14.0 Å². The molecule has 0 amide bonds. The molecule has 0 aliphatic carbocycles. The molecule has 0 aliphatic heterocycles. The van der Waals surface area contributed by atoms with Crippen LogP contribution in [-0.2, 0) is 6.42 Å². The number of fused-ring (bicyclic) bond motifs is 6. The summed E-state index contributed by atoms with van der Waals surface area (Å²) >= 11 is 0. The maximum Gasteiger partial charge on any atom is 0.150 e. The van der Waals surface area contributed by atoms with Crippen LogP contribution in [0.15, 0.2) is 243 Å². The van der Waals surface area contributed by atoms with Crippen molar-refractivity contribution in [3.8, 4) is 22.5 Å². The summed E-state index contributed by atoms with van der Waals surface area (Å²) in [7, 11) is 0. The largest absolute Gasteiger partial charge is 0.310 e. The minimum atomic E-state index is 0.209. The fourth-order valence-electron chi connectivity index (χ4n) is 10.5. The molecule has 2 aromatic heterocycles. The Morgan fingerprint density at radius 3 is 1.40 bits per heavy atom. The zero-order valence-corrected chi connectivity index (χ0v) is 38.4. The molecule has 12 aromatic rings. The van der Waals surface area contributed by atoms with Gasteiger partial charge in [-0.15, -0.1) is 0 Å². The van der Waals surface area contributed by atoms with E-state index in [1.807, 2.05) is 48.5 Å². The van der Waals surface area contributed by atoms with Crippen LogP contribution in [0.4, 0.5) is 17.1 Å². The standard InChI is InChI=1S/C65H47N3O2/c69-43-46-21-31-54(32-22-46)67-62-17-9-7-15-58(62)60-41-51(30-39-64(60)67)57(50-11-3-1-4-12-50)38-25-45-19-26-48(27-20-45)49-28-35-53(36-29-49)66(52-13-5-2-6-14-52)56-37-40-65-61(42-56)59-16-8-10-18-63(59)68(65)55-33-23-47(44-70)24-34-55/h1-24,26-37,39-44,57H,25,38H2. The number of hydrogen-bond donors (Lipinski definition) is 0. The Labute approximate surface area is 406 Å². The third-order valence-corrected chi connectivity index (χ3v) is 13.9. The van der Waals surface area contributed by atoms with E-state index in [9.17, 15) is 9.59 Å². The molecule has 0 saturated carbocycles. The lowest BCUT2D eigenvalue weighted by Gasteiger charge is -2.26. The van der Waals surface area contributed by atoms with E-state index in [4.69, 9.17) is 0 Å². The number of para-hydroxylation sites is 3. The summed E-state index contributed by atoms with van der Waals surface area (Å²) in [4.78, 5) is 25.2. The highest BCUT2D eigenvalue weighted by atomic mass is 16.1. The zero-order valence-electron chi connectivity index (χ0n) is 38.4. The summed E-state index contributed by atoms with van der Waals surface area (Å²) in [5.41, 5.74) is 17.4. The van der Waals surface area contributed by atoms with Crippen molar-refractivity contribution in [1.82, 2.24) is 9.13 Å². The topological polar surface area (TPSA) is 47.2 Å². The Kier molecular flexibility index (Phi) is 11.0. The summed E-state index contributed by atoms with van der Waals surface area (Å²) in [5.74, 6) is 0.209. The van der Waals surface area contributed by atoms with Crippen molar-refractivity contribution in [1.29, 1.82) is 0 Å². The number of benzene rings is 10. The molecule has 5 heteroatoms. The van der Waals surface area contributed by atoms with Crippen LogP contribution in [0.3, 0.4) is 0 Å². The smallest absolute Gasteiger partial charge is 0.150 e. The molecule has 70 heavy (non-hydrogen) atoms. The first-order chi connectivity index (χ1) is 34.6. The minimum absolute atomic E-state index is 0.209. The fraction of sp³-hybridized carbons (Fsp3) is 0.0462. The number of carbonyl (C=O) groups is 2. The Morgan fingerprint density at radius 2 is 0.829 bits per heavy atom. The van der Waals surface area contributed by atoms with Crippen LogP contribution in [0.5, 0.6) is 0 Å². The van der Waals surface area contributed by atoms with Crippen LogP contribution in [0.1, 0.15) is 49.7 Å². The number of carbonyl (C=O) groups excluding carboxylic acids is 2. The van der Waals surface area contributed by atoms with Crippen molar-refractivity contribution in [2.24, 2.45) is 0 Å². The number of hydrogen-bond acceptors (Lipinski definition) is 3. The second-order valence-electron chi connectivity index (χ2n) is 18.0.